The van der Waals surface area contributed by atoms with Crippen molar-refractivity contribution in [3.63, 3.8) is 0 Å². The van der Waals surface area contributed by atoms with Gasteiger partial charge in [-0.05, 0) is 57.8 Å². The van der Waals surface area contributed by atoms with Crippen molar-refractivity contribution in [3.05, 3.63) is 24.3 Å². The Hall–Kier alpha value is -1.66. The predicted molar refractivity (Wildman–Crippen MR) is 329 cm³/mol. The van der Waals surface area contributed by atoms with Gasteiger partial charge in [0.25, 0.3) is 0 Å². The Bertz CT molecular complexity index is 1170. The minimum Gasteiger partial charge on any atom is -0.466 e. The van der Waals surface area contributed by atoms with Crippen LogP contribution in [0, 0.1) is 0 Å². The zero-order chi connectivity index (χ0) is 54.3. The minimum absolute atomic E-state index is 0.0120. The Labute approximate surface area is 469 Å². The first-order valence-corrected chi connectivity index (χ1v) is 34.1. The van der Waals surface area contributed by atoms with Crippen LogP contribution in [0.15, 0.2) is 24.3 Å². The number of carbonyl (C=O) groups is 2. The molecule has 0 saturated heterocycles. The molecule has 0 radical (unpaired) electrons. The maximum absolute atomic E-state index is 12.5. The molecule has 1 amide bonds. The number of unbranched alkanes of at least 4 members (excludes halogenated alkanes) is 49. The molecule has 0 aromatic heterocycles. The van der Waals surface area contributed by atoms with Crippen molar-refractivity contribution < 1.29 is 24.5 Å². The lowest BCUT2D eigenvalue weighted by atomic mass is 10.0. The molecular formula is C69H133NO5. The van der Waals surface area contributed by atoms with Gasteiger partial charge in [0.1, 0.15) is 0 Å². The van der Waals surface area contributed by atoms with Gasteiger partial charge < -0.3 is 20.3 Å². The zero-order valence-corrected chi connectivity index (χ0v) is 50.8. The van der Waals surface area contributed by atoms with Gasteiger partial charge in [0.2, 0.25) is 5.91 Å². The van der Waals surface area contributed by atoms with Gasteiger partial charge in [0, 0.05) is 12.8 Å². The van der Waals surface area contributed by atoms with Gasteiger partial charge in [0.15, 0.2) is 0 Å². The second-order valence-corrected chi connectivity index (χ2v) is 23.5. The van der Waals surface area contributed by atoms with Crippen molar-refractivity contribution in [3.8, 4) is 0 Å². The van der Waals surface area contributed by atoms with E-state index >= 15 is 0 Å². The third kappa shape index (κ3) is 61.4. The Balaban J connectivity index is 3.42. The lowest BCUT2D eigenvalue weighted by Crippen LogP contribution is -2.45. The van der Waals surface area contributed by atoms with E-state index in [0.29, 0.717) is 25.9 Å². The molecule has 0 aliphatic carbocycles. The van der Waals surface area contributed by atoms with Crippen LogP contribution in [0.4, 0.5) is 0 Å². The molecule has 0 aromatic carbocycles. The van der Waals surface area contributed by atoms with E-state index in [1.807, 2.05) is 0 Å². The maximum Gasteiger partial charge on any atom is 0.305 e. The number of rotatable bonds is 64. The molecule has 0 fully saturated rings. The maximum atomic E-state index is 12.5. The van der Waals surface area contributed by atoms with Gasteiger partial charge in [-0.1, -0.05) is 334 Å². The number of allylic oxidation sites excluding steroid dienone is 4. The molecule has 3 N–H and O–H groups in total. The molecule has 0 aromatic rings. The van der Waals surface area contributed by atoms with E-state index in [0.717, 1.165) is 44.9 Å². The summed E-state index contributed by atoms with van der Waals surface area (Å²) in [5.74, 6) is -0.0255. The van der Waals surface area contributed by atoms with Gasteiger partial charge >= 0.3 is 5.97 Å². The molecule has 75 heavy (non-hydrogen) atoms. The summed E-state index contributed by atoms with van der Waals surface area (Å²) in [4.78, 5) is 24.6. The van der Waals surface area contributed by atoms with Crippen LogP contribution in [0.3, 0.4) is 0 Å². The molecule has 0 aliphatic heterocycles. The van der Waals surface area contributed by atoms with Crippen LogP contribution in [-0.2, 0) is 14.3 Å². The van der Waals surface area contributed by atoms with Crippen LogP contribution in [-0.4, -0.2) is 47.4 Å². The lowest BCUT2D eigenvalue weighted by Gasteiger charge is -2.22. The van der Waals surface area contributed by atoms with Crippen LogP contribution in [0.2, 0.25) is 0 Å². The second-order valence-electron chi connectivity index (χ2n) is 23.5. The Morgan fingerprint density at radius 2 is 0.667 bits per heavy atom. The Morgan fingerprint density at radius 3 is 1.01 bits per heavy atom. The van der Waals surface area contributed by atoms with Gasteiger partial charge in [-0.25, -0.2) is 0 Å². The summed E-state index contributed by atoms with van der Waals surface area (Å²) in [6.07, 6.45) is 80.6. The first-order chi connectivity index (χ1) is 37.0. The molecule has 2 unspecified atom stereocenters. The number of hydrogen-bond donors (Lipinski definition) is 3. The summed E-state index contributed by atoms with van der Waals surface area (Å²) in [6, 6.07) is -0.547. The summed E-state index contributed by atoms with van der Waals surface area (Å²) < 4.78 is 5.49. The number of nitrogens with one attached hydrogen (secondary N) is 1. The number of aliphatic hydroxyl groups excluding tert-OH is 2. The van der Waals surface area contributed by atoms with Gasteiger partial charge in [-0.2, -0.15) is 0 Å². The van der Waals surface area contributed by atoms with E-state index in [1.165, 1.54) is 302 Å². The Kier molecular flexibility index (Phi) is 63.4. The number of carbonyl (C=O) groups excluding carboxylic acids is 2. The highest BCUT2D eigenvalue weighted by Gasteiger charge is 2.20. The zero-order valence-electron chi connectivity index (χ0n) is 50.8. The third-order valence-corrected chi connectivity index (χ3v) is 16.0. The van der Waals surface area contributed by atoms with Crippen molar-refractivity contribution in [2.45, 2.75) is 392 Å². The van der Waals surface area contributed by atoms with Crippen molar-refractivity contribution in [2.24, 2.45) is 0 Å². The molecule has 0 saturated carbocycles. The highest BCUT2D eigenvalue weighted by atomic mass is 16.5. The van der Waals surface area contributed by atoms with Crippen molar-refractivity contribution in [2.75, 3.05) is 13.2 Å². The van der Waals surface area contributed by atoms with Crippen LogP contribution in [0.5, 0.6) is 0 Å². The normalized spacial score (nSPS) is 12.6. The molecule has 0 rings (SSSR count). The molecule has 6 heteroatoms. The smallest absolute Gasteiger partial charge is 0.305 e. The lowest BCUT2D eigenvalue weighted by molar-refractivity contribution is -0.143. The fraction of sp³-hybridized carbons (Fsp3) is 0.913. The molecule has 0 bridgehead atoms. The molecule has 6 nitrogen and oxygen atoms in total. The predicted octanol–water partition coefficient (Wildman–Crippen LogP) is 21.8. The van der Waals surface area contributed by atoms with E-state index in [9.17, 15) is 19.8 Å². The second kappa shape index (κ2) is 64.9. The van der Waals surface area contributed by atoms with E-state index in [-0.39, 0.29) is 18.5 Å². The number of hydrogen-bond acceptors (Lipinski definition) is 5. The first-order valence-electron chi connectivity index (χ1n) is 34.1. The van der Waals surface area contributed by atoms with E-state index in [2.05, 4.69) is 43.5 Å². The van der Waals surface area contributed by atoms with Gasteiger partial charge in [0.05, 0.1) is 25.4 Å². The highest BCUT2D eigenvalue weighted by Crippen LogP contribution is 2.18. The van der Waals surface area contributed by atoms with E-state index in [1.54, 1.807) is 0 Å². The first kappa shape index (κ1) is 73.3. The highest BCUT2D eigenvalue weighted by molar-refractivity contribution is 5.76. The van der Waals surface area contributed by atoms with Crippen molar-refractivity contribution >= 4 is 11.9 Å². The SMILES string of the molecule is CCCCCCCCCCCCCCCCCCCCCC(O)C(CO)NC(=O)CCCCCCCCCCC/C=C\C/C=C\CCCCCCCCCCCOC(=O)CCCCCCCCCCCCCCCC. The average molecular weight is 1060 g/mol. The summed E-state index contributed by atoms with van der Waals surface area (Å²) in [6.45, 7) is 4.98. The quantitative estimate of drug-likeness (QED) is 0.0320. The summed E-state index contributed by atoms with van der Waals surface area (Å²) in [5.41, 5.74) is 0. The topological polar surface area (TPSA) is 95.9 Å². The van der Waals surface area contributed by atoms with Crippen LogP contribution in [0.1, 0.15) is 380 Å². The Morgan fingerprint density at radius 1 is 0.373 bits per heavy atom. The fourth-order valence-corrected chi connectivity index (χ4v) is 10.8. The largest absolute Gasteiger partial charge is 0.466 e. The summed E-state index contributed by atoms with van der Waals surface area (Å²) in [7, 11) is 0. The van der Waals surface area contributed by atoms with Gasteiger partial charge in [-0.3, -0.25) is 9.59 Å². The average Bonchev–Trinajstić information content (AvgIpc) is 3.41. The standard InChI is InChI=1S/C69H133NO5/c1-3-5-7-9-11-13-15-17-19-20-28-31-34-37-41-45-49-53-57-61-67(72)66(65-71)70-68(73)62-58-54-50-46-42-38-35-32-29-26-24-22-21-23-25-27-30-33-36-40-44-48-52-56-60-64-75-69(74)63-59-55-51-47-43-39-18-16-14-12-10-8-6-4-2/h22-25,66-67,71-72H,3-21,26-65H2,1-2H3,(H,70,73)/b24-22-,25-23-. The number of ether oxygens (including phenoxy) is 1. The molecule has 0 aliphatic rings. The van der Waals surface area contributed by atoms with Crippen molar-refractivity contribution in [1.29, 1.82) is 0 Å². The van der Waals surface area contributed by atoms with Crippen LogP contribution < -0.4 is 5.32 Å². The number of aliphatic hydroxyl groups is 2. The number of amides is 1. The van der Waals surface area contributed by atoms with Crippen molar-refractivity contribution in [1.82, 2.24) is 5.32 Å². The van der Waals surface area contributed by atoms with Gasteiger partial charge in [-0.15, -0.1) is 0 Å². The molecule has 2 atom stereocenters. The third-order valence-electron chi connectivity index (χ3n) is 16.0. The fourth-order valence-electron chi connectivity index (χ4n) is 10.8. The number of esters is 1. The van der Waals surface area contributed by atoms with Crippen LogP contribution in [0.25, 0.3) is 0 Å². The molecule has 0 spiro atoms. The minimum atomic E-state index is -0.669. The van der Waals surface area contributed by atoms with E-state index < -0.39 is 12.1 Å². The summed E-state index contributed by atoms with van der Waals surface area (Å²) in [5, 5.41) is 23.4. The molecule has 0 heterocycles. The van der Waals surface area contributed by atoms with Crippen LogP contribution >= 0.6 is 0 Å². The molecule has 444 valence electrons. The van der Waals surface area contributed by atoms with E-state index in [4.69, 9.17) is 4.74 Å². The monoisotopic (exact) mass is 1060 g/mol. The summed E-state index contributed by atoms with van der Waals surface area (Å²) >= 11 is 0. The molecular weight excluding hydrogens is 923 g/mol.